The molecule has 2 rings (SSSR count). The molecule has 3 nitrogen and oxygen atoms in total. The fourth-order valence-electron chi connectivity index (χ4n) is 2.38. The molecule has 1 N–H and O–H groups in total. The summed E-state index contributed by atoms with van der Waals surface area (Å²) < 4.78 is 0. The number of aromatic nitrogens is 1. The van der Waals surface area contributed by atoms with Crippen LogP contribution in [-0.2, 0) is 6.54 Å². The van der Waals surface area contributed by atoms with Gasteiger partial charge in [0, 0.05) is 37.4 Å². The van der Waals surface area contributed by atoms with E-state index in [1.54, 1.807) is 0 Å². The van der Waals surface area contributed by atoms with Crippen molar-refractivity contribution in [1.29, 1.82) is 0 Å². The van der Waals surface area contributed by atoms with Crippen LogP contribution in [0.2, 0.25) is 0 Å². The van der Waals surface area contributed by atoms with Gasteiger partial charge in [-0.1, -0.05) is 13.0 Å². The van der Waals surface area contributed by atoms with E-state index in [0.717, 1.165) is 25.3 Å². The molecule has 3 heteroatoms. The third-order valence-corrected chi connectivity index (χ3v) is 3.58. The fraction of sp³-hybridized carbons (Fsp3) is 0.643. The first-order valence-corrected chi connectivity index (χ1v) is 6.59. The van der Waals surface area contributed by atoms with E-state index in [0.29, 0.717) is 12.1 Å². The summed E-state index contributed by atoms with van der Waals surface area (Å²) in [5.41, 5.74) is 2.30. The normalized spacial score (nSPS) is 26.1. The van der Waals surface area contributed by atoms with Crippen molar-refractivity contribution in [2.75, 3.05) is 13.1 Å². The number of rotatable bonds is 3. The lowest BCUT2D eigenvalue weighted by Crippen LogP contribution is -2.54. The molecule has 2 atom stereocenters. The van der Waals surface area contributed by atoms with Gasteiger partial charge in [0.15, 0.2) is 0 Å². The molecule has 2 unspecified atom stereocenters. The van der Waals surface area contributed by atoms with Gasteiger partial charge in [0.2, 0.25) is 0 Å². The van der Waals surface area contributed by atoms with Gasteiger partial charge in [0.05, 0.1) is 5.69 Å². The molecule has 0 radical (unpaired) electrons. The quantitative estimate of drug-likeness (QED) is 0.865. The summed E-state index contributed by atoms with van der Waals surface area (Å²) in [5, 5.41) is 3.58. The van der Waals surface area contributed by atoms with Crippen LogP contribution in [0.5, 0.6) is 0 Å². The molecule has 2 heterocycles. The predicted molar refractivity (Wildman–Crippen MR) is 70.9 cm³/mol. The highest BCUT2D eigenvalue weighted by Gasteiger charge is 2.23. The SMILES string of the molecule is CCC1CN(Cc2cccc(C)n2)C(C)CN1. The molecule has 1 fully saturated rings. The van der Waals surface area contributed by atoms with Gasteiger partial charge >= 0.3 is 0 Å². The number of aryl methyl sites for hydroxylation is 1. The third kappa shape index (κ3) is 3.27. The van der Waals surface area contributed by atoms with Crippen LogP contribution >= 0.6 is 0 Å². The van der Waals surface area contributed by atoms with Crippen LogP contribution in [0.3, 0.4) is 0 Å². The molecule has 94 valence electrons. The Morgan fingerprint density at radius 1 is 1.47 bits per heavy atom. The van der Waals surface area contributed by atoms with Gasteiger partial charge in [0.1, 0.15) is 0 Å². The maximum absolute atomic E-state index is 4.59. The lowest BCUT2D eigenvalue weighted by Gasteiger charge is -2.38. The first kappa shape index (κ1) is 12.5. The maximum Gasteiger partial charge on any atom is 0.0547 e. The van der Waals surface area contributed by atoms with Crippen molar-refractivity contribution in [2.45, 2.75) is 45.8 Å². The second-order valence-electron chi connectivity index (χ2n) is 5.06. The molecule has 0 aromatic carbocycles. The van der Waals surface area contributed by atoms with Gasteiger partial charge in [-0.05, 0) is 32.4 Å². The van der Waals surface area contributed by atoms with Crippen molar-refractivity contribution in [1.82, 2.24) is 15.2 Å². The lowest BCUT2D eigenvalue weighted by atomic mass is 10.1. The van der Waals surface area contributed by atoms with E-state index < -0.39 is 0 Å². The Labute approximate surface area is 104 Å². The van der Waals surface area contributed by atoms with E-state index in [-0.39, 0.29) is 0 Å². The smallest absolute Gasteiger partial charge is 0.0547 e. The van der Waals surface area contributed by atoms with Gasteiger partial charge in [-0.15, -0.1) is 0 Å². The Morgan fingerprint density at radius 2 is 2.29 bits per heavy atom. The van der Waals surface area contributed by atoms with Crippen LogP contribution in [0.25, 0.3) is 0 Å². The van der Waals surface area contributed by atoms with Crippen LogP contribution < -0.4 is 5.32 Å². The van der Waals surface area contributed by atoms with E-state index in [9.17, 15) is 0 Å². The highest BCUT2D eigenvalue weighted by Crippen LogP contribution is 2.12. The number of pyridine rings is 1. The molecule has 0 spiro atoms. The molecule has 0 aliphatic carbocycles. The average Bonchev–Trinajstić information content (AvgIpc) is 2.32. The Morgan fingerprint density at radius 3 is 3.00 bits per heavy atom. The molecule has 0 bridgehead atoms. The molecule has 1 aliphatic heterocycles. The summed E-state index contributed by atoms with van der Waals surface area (Å²) in [7, 11) is 0. The minimum absolute atomic E-state index is 0.597. The zero-order valence-electron chi connectivity index (χ0n) is 11.1. The van der Waals surface area contributed by atoms with Crippen LogP contribution in [0.1, 0.15) is 31.7 Å². The zero-order chi connectivity index (χ0) is 12.3. The second kappa shape index (κ2) is 5.61. The molecule has 0 amide bonds. The minimum atomic E-state index is 0.597. The van der Waals surface area contributed by atoms with E-state index in [1.165, 1.54) is 12.1 Å². The highest BCUT2D eigenvalue weighted by atomic mass is 15.2. The number of nitrogens with one attached hydrogen (secondary N) is 1. The van der Waals surface area contributed by atoms with Crippen LogP contribution in [0, 0.1) is 6.92 Å². The third-order valence-electron chi connectivity index (χ3n) is 3.58. The molecule has 1 aliphatic rings. The number of piperazine rings is 1. The van der Waals surface area contributed by atoms with Gasteiger partial charge in [-0.3, -0.25) is 9.88 Å². The van der Waals surface area contributed by atoms with E-state index in [2.05, 4.69) is 54.2 Å². The van der Waals surface area contributed by atoms with Crippen molar-refractivity contribution in [2.24, 2.45) is 0 Å². The number of nitrogens with zero attached hydrogens (tertiary/aromatic N) is 2. The Kier molecular flexibility index (Phi) is 4.13. The molecular formula is C14H23N3. The molecule has 1 aromatic rings. The largest absolute Gasteiger partial charge is 0.311 e. The van der Waals surface area contributed by atoms with Gasteiger partial charge in [-0.2, -0.15) is 0 Å². The maximum atomic E-state index is 4.59. The van der Waals surface area contributed by atoms with E-state index in [1.807, 2.05) is 0 Å². The monoisotopic (exact) mass is 233 g/mol. The summed E-state index contributed by atoms with van der Waals surface area (Å²) >= 11 is 0. The van der Waals surface area contributed by atoms with Crippen molar-refractivity contribution in [3.05, 3.63) is 29.6 Å². The average molecular weight is 233 g/mol. The second-order valence-corrected chi connectivity index (χ2v) is 5.06. The van der Waals surface area contributed by atoms with E-state index >= 15 is 0 Å². The topological polar surface area (TPSA) is 28.2 Å². The van der Waals surface area contributed by atoms with Crippen molar-refractivity contribution >= 4 is 0 Å². The molecule has 1 saturated heterocycles. The van der Waals surface area contributed by atoms with Crippen molar-refractivity contribution in [3.63, 3.8) is 0 Å². The number of hydrogen-bond donors (Lipinski definition) is 1. The highest BCUT2D eigenvalue weighted by molar-refractivity contribution is 5.10. The van der Waals surface area contributed by atoms with Crippen LogP contribution in [0.4, 0.5) is 0 Å². The zero-order valence-corrected chi connectivity index (χ0v) is 11.1. The summed E-state index contributed by atoms with van der Waals surface area (Å²) in [4.78, 5) is 7.12. The van der Waals surface area contributed by atoms with Crippen molar-refractivity contribution in [3.8, 4) is 0 Å². The Balaban J connectivity index is 2.01. The first-order valence-electron chi connectivity index (χ1n) is 6.59. The fourth-order valence-corrected chi connectivity index (χ4v) is 2.38. The molecule has 17 heavy (non-hydrogen) atoms. The Bertz CT molecular complexity index is 364. The molecule has 0 saturated carbocycles. The lowest BCUT2D eigenvalue weighted by molar-refractivity contribution is 0.130. The summed E-state index contributed by atoms with van der Waals surface area (Å²) in [5.74, 6) is 0. The van der Waals surface area contributed by atoms with E-state index in [4.69, 9.17) is 0 Å². The summed E-state index contributed by atoms with van der Waals surface area (Å²) in [6.45, 7) is 9.78. The molecule has 1 aromatic heterocycles. The van der Waals surface area contributed by atoms with Crippen LogP contribution in [0.15, 0.2) is 18.2 Å². The number of hydrogen-bond acceptors (Lipinski definition) is 3. The first-order chi connectivity index (χ1) is 8.19. The minimum Gasteiger partial charge on any atom is -0.311 e. The van der Waals surface area contributed by atoms with Gasteiger partial charge in [0.25, 0.3) is 0 Å². The summed E-state index contributed by atoms with van der Waals surface area (Å²) in [6, 6.07) is 7.51. The Hall–Kier alpha value is -0.930. The predicted octanol–water partition coefficient (Wildman–Crippen LogP) is 1.96. The standard InChI is InChI=1S/C14H23N3/c1-4-13-9-17(12(3)8-15-13)10-14-7-5-6-11(2)16-14/h5-7,12-13,15H,4,8-10H2,1-3H3. The van der Waals surface area contributed by atoms with Crippen LogP contribution in [-0.4, -0.2) is 35.1 Å². The van der Waals surface area contributed by atoms with Gasteiger partial charge in [-0.25, -0.2) is 0 Å². The summed E-state index contributed by atoms with van der Waals surface area (Å²) in [6.07, 6.45) is 1.20. The molecular weight excluding hydrogens is 210 g/mol. The van der Waals surface area contributed by atoms with Crippen molar-refractivity contribution < 1.29 is 0 Å². The van der Waals surface area contributed by atoms with Gasteiger partial charge < -0.3 is 5.32 Å².